The fourth-order valence-corrected chi connectivity index (χ4v) is 1.97. The number of nitro benzene ring substituents is 1. The number of nitrogens with one attached hydrogen (secondary N) is 1. The van der Waals surface area contributed by atoms with Crippen molar-refractivity contribution in [1.29, 1.82) is 0 Å². The van der Waals surface area contributed by atoms with Gasteiger partial charge in [0.15, 0.2) is 5.69 Å². The zero-order chi connectivity index (χ0) is 17.9. The van der Waals surface area contributed by atoms with E-state index in [9.17, 15) is 19.7 Å². The van der Waals surface area contributed by atoms with Crippen LogP contribution in [0.25, 0.3) is 5.69 Å². The number of aromatic nitrogens is 3. The molecule has 0 saturated heterocycles. The van der Waals surface area contributed by atoms with E-state index in [1.807, 2.05) is 0 Å². The molecule has 0 fully saturated rings. The Morgan fingerprint density at radius 3 is 2.67 bits per heavy atom. The molecule has 0 aliphatic rings. The summed E-state index contributed by atoms with van der Waals surface area (Å²) in [7, 11) is 0. The number of rotatable bonds is 6. The van der Waals surface area contributed by atoms with Gasteiger partial charge in [0.05, 0.1) is 16.8 Å². The molecule has 1 amide bonds. The van der Waals surface area contributed by atoms with Crippen LogP contribution in [-0.2, 0) is 4.79 Å². The molecule has 10 nitrogen and oxygen atoms in total. The fraction of sp³-hybridized carbons (Fsp3) is 0.286. The summed E-state index contributed by atoms with van der Waals surface area (Å²) in [5.74, 6) is -2.14. The summed E-state index contributed by atoms with van der Waals surface area (Å²) in [6.07, 6.45) is 1.27. The topological polar surface area (TPSA) is 140 Å². The quantitative estimate of drug-likeness (QED) is 0.593. The summed E-state index contributed by atoms with van der Waals surface area (Å²) < 4.78 is 1.20. The van der Waals surface area contributed by atoms with Crippen LogP contribution in [0.15, 0.2) is 30.5 Å². The molecule has 0 bridgehead atoms. The Balaban J connectivity index is 2.21. The molecule has 2 aromatic rings. The lowest BCUT2D eigenvalue weighted by atomic mass is 10.0. The predicted octanol–water partition coefficient (Wildman–Crippen LogP) is 1.01. The van der Waals surface area contributed by atoms with Crippen LogP contribution in [0.3, 0.4) is 0 Å². The zero-order valence-corrected chi connectivity index (χ0v) is 12.9. The molecule has 0 aliphatic heterocycles. The van der Waals surface area contributed by atoms with Crippen LogP contribution in [0.4, 0.5) is 5.69 Å². The monoisotopic (exact) mass is 333 g/mol. The van der Waals surface area contributed by atoms with Crippen molar-refractivity contribution in [3.05, 3.63) is 46.3 Å². The van der Waals surface area contributed by atoms with Crippen molar-refractivity contribution < 1.29 is 19.6 Å². The van der Waals surface area contributed by atoms with Gasteiger partial charge in [0.2, 0.25) is 0 Å². The van der Waals surface area contributed by atoms with Gasteiger partial charge in [-0.15, -0.1) is 5.10 Å². The molecular weight excluding hydrogens is 318 g/mol. The summed E-state index contributed by atoms with van der Waals surface area (Å²) in [5, 5.41) is 29.7. The molecule has 2 rings (SSSR count). The SMILES string of the molecule is CC(C)[C@@H](NC(=O)c1cn(-c2cccc([N+](=O)[O-])c2)nn1)C(=O)O. The van der Waals surface area contributed by atoms with E-state index < -0.39 is 22.8 Å². The molecule has 2 N–H and O–H groups in total. The van der Waals surface area contributed by atoms with Crippen LogP contribution in [0.2, 0.25) is 0 Å². The standard InChI is InChI=1S/C14H15N5O5/c1-8(2)12(14(21)22)15-13(20)11-7-18(17-16-11)9-4-3-5-10(6-9)19(23)24/h3-8,12H,1-2H3,(H,15,20)(H,21,22)/t12-/m1/s1. The van der Waals surface area contributed by atoms with E-state index in [1.54, 1.807) is 19.9 Å². The molecular formula is C14H15N5O5. The third kappa shape index (κ3) is 3.72. The molecule has 1 atom stereocenters. The van der Waals surface area contributed by atoms with Crippen LogP contribution < -0.4 is 5.32 Å². The van der Waals surface area contributed by atoms with Gasteiger partial charge >= 0.3 is 5.97 Å². The van der Waals surface area contributed by atoms with E-state index in [0.29, 0.717) is 5.69 Å². The molecule has 0 saturated carbocycles. The van der Waals surface area contributed by atoms with Gasteiger partial charge < -0.3 is 10.4 Å². The van der Waals surface area contributed by atoms with Crippen LogP contribution in [0.5, 0.6) is 0 Å². The van der Waals surface area contributed by atoms with Crippen molar-refractivity contribution in [1.82, 2.24) is 20.3 Å². The number of aliphatic carboxylic acids is 1. The van der Waals surface area contributed by atoms with E-state index >= 15 is 0 Å². The lowest BCUT2D eigenvalue weighted by molar-refractivity contribution is -0.384. The first-order valence-corrected chi connectivity index (χ1v) is 7.00. The Bertz CT molecular complexity index is 785. The van der Waals surface area contributed by atoms with Crippen LogP contribution >= 0.6 is 0 Å². The molecule has 1 heterocycles. The third-order valence-electron chi connectivity index (χ3n) is 3.25. The Kier molecular flexibility index (Phi) is 4.87. The summed E-state index contributed by atoms with van der Waals surface area (Å²) in [5.41, 5.74) is 0.141. The minimum atomic E-state index is -1.15. The van der Waals surface area contributed by atoms with Crippen molar-refractivity contribution >= 4 is 17.6 Å². The highest BCUT2D eigenvalue weighted by molar-refractivity contribution is 5.94. The number of amides is 1. The van der Waals surface area contributed by atoms with E-state index in [-0.39, 0.29) is 17.3 Å². The number of nitrogens with zero attached hydrogens (tertiary/aromatic N) is 4. The lowest BCUT2D eigenvalue weighted by Gasteiger charge is -2.16. The zero-order valence-electron chi connectivity index (χ0n) is 12.9. The van der Waals surface area contributed by atoms with Crippen molar-refractivity contribution in [3.63, 3.8) is 0 Å². The number of carbonyl (C=O) groups excluding carboxylic acids is 1. The fourth-order valence-electron chi connectivity index (χ4n) is 1.97. The summed E-state index contributed by atoms with van der Waals surface area (Å²) in [6, 6.07) is 4.60. The van der Waals surface area contributed by atoms with Crippen LogP contribution in [0.1, 0.15) is 24.3 Å². The van der Waals surface area contributed by atoms with Crippen molar-refractivity contribution in [2.75, 3.05) is 0 Å². The largest absolute Gasteiger partial charge is 0.480 e. The minimum Gasteiger partial charge on any atom is -0.480 e. The number of hydrogen-bond donors (Lipinski definition) is 2. The predicted molar refractivity (Wildman–Crippen MR) is 81.7 cm³/mol. The second-order valence-corrected chi connectivity index (χ2v) is 5.36. The normalized spacial score (nSPS) is 12.0. The number of carbonyl (C=O) groups is 2. The maximum absolute atomic E-state index is 12.1. The minimum absolute atomic E-state index is 0.0894. The highest BCUT2D eigenvalue weighted by Crippen LogP contribution is 2.16. The molecule has 0 aliphatic carbocycles. The molecule has 0 unspecified atom stereocenters. The third-order valence-corrected chi connectivity index (χ3v) is 3.25. The van der Waals surface area contributed by atoms with Gasteiger partial charge in [-0.2, -0.15) is 0 Å². The summed E-state index contributed by atoms with van der Waals surface area (Å²) >= 11 is 0. The lowest BCUT2D eigenvalue weighted by Crippen LogP contribution is -2.44. The van der Waals surface area contributed by atoms with E-state index in [2.05, 4.69) is 15.6 Å². The Morgan fingerprint density at radius 2 is 2.08 bits per heavy atom. The molecule has 0 spiro atoms. The van der Waals surface area contributed by atoms with Gasteiger partial charge in [-0.05, 0) is 12.0 Å². The van der Waals surface area contributed by atoms with Crippen molar-refractivity contribution in [2.45, 2.75) is 19.9 Å². The first-order valence-electron chi connectivity index (χ1n) is 7.00. The summed E-state index contributed by atoms with van der Waals surface area (Å²) in [4.78, 5) is 33.4. The van der Waals surface area contributed by atoms with Gasteiger partial charge in [-0.3, -0.25) is 14.9 Å². The number of nitro groups is 1. The number of hydrogen-bond acceptors (Lipinski definition) is 6. The number of benzene rings is 1. The molecule has 1 aromatic carbocycles. The Labute approximate surface area is 136 Å². The molecule has 0 radical (unpaired) electrons. The first kappa shape index (κ1) is 17.1. The van der Waals surface area contributed by atoms with E-state index in [1.165, 1.54) is 29.1 Å². The summed E-state index contributed by atoms with van der Waals surface area (Å²) in [6.45, 7) is 3.33. The maximum atomic E-state index is 12.1. The van der Waals surface area contributed by atoms with Gasteiger partial charge in [-0.1, -0.05) is 25.1 Å². The van der Waals surface area contributed by atoms with Crippen molar-refractivity contribution in [2.24, 2.45) is 5.92 Å². The van der Waals surface area contributed by atoms with Gasteiger partial charge in [0, 0.05) is 12.1 Å². The molecule has 24 heavy (non-hydrogen) atoms. The highest BCUT2D eigenvalue weighted by Gasteiger charge is 2.25. The first-order chi connectivity index (χ1) is 11.3. The van der Waals surface area contributed by atoms with Gasteiger partial charge in [-0.25, -0.2) is 9.48 Å². The van der Waals surface area contributed by atoms with Crippen LogP contribution in [-0.4, -0.2) is 42.9 Å². The number of non-ortho nitro benzene ring substituents is 1. The second kappa shape index (κ2) is 6.86. The molecule has 1 aromatic heterocycles. The average molecular weight is 333 g/mol. The Morgan fingerprint density at radius 1 is 1.38 bits per heavy atom. The van der Waals surface area contributed by atoms with Crippen molar-refractivity contribution in [3.8, 4) is 5.69 Å². The molecule has 10 heteroatoms. The van der Waals surface area contributed by atoms with E-state index in [4.69, 9.17) is 5.11 Å². The second-order valence-electron chi connectivity index (χ2n) is 5.36. The van der Waals surface area contributed by atoms with Gasteiger partial charge in [0.25, 0.3) is 11.6 Å². The average Bonchev–Trinajstić information content (AvgIpc) is 3.02. The van der Waals surface area contributed by atoms with Gasteiger partial charge in [0.1, 0.15) is 6.04 Å². The smallest absolute Gasteiger partial charge is 0.326 e. The maximum Gasteiger partial charge on any atom is 0.326 e. The van der Waals surface area contributed by atoms with Crippen LogP contribution in [0, 0.1) is 16.0 Å². The Hall–Kier alpha value is -3.30. The number of carboxylic acids is 1. The van der Waals surface area contributed by atoms with E-state index in [0.717, 1.165) is 0 Å². The number of carboxylic acid groups (broad SMARTS) is 1. The highest BCUT2D eigenvalue weighted by atomic mass is 16.6. The molecule has 126 valence electrons.